The number of halogens is 1. The number of unbranched alkanes of at least 4 members (excludes halogenated alkanes) is 15. The molecule has 1 unspecified atom stereocenters. The highest BCUT2D eigenvalue weighted by Crippen LogP contribution is 2.41. The number of hydrogen-bond donors (Lipinski definition) is 2. The summed E-state index contributed by atoms with van der Waals surface area (Å²) in [5, 5.41) is 0. The van der Waals surface area contributed by atoms with Crippen LogP contribution in [0.5, 0.6) is 0 Å². The molecule has 0 amide bonds. The summed E-state index contributed by atoms with van der Waals surface area (Å²) in [7, 11) is -4.04. The molecule has 0 saturated carbocycles. The Hall–Kier alpha value is -1.65. The van der Waals surface area contributed by atoms with Gasteiger partial charge in [-0.25, -0.2) is 19.3 Å². The molecule has 12 heteroatoms. The smallest absolute Gasteiger partial charge is 0.353 e. The largest absolute Gasteiger partial charge is 0.382 e. The number of alkyl halides is 1. The standard InChI is InChI=1S/C29H53FN5O5P/c1-2-3-4-5-6-7-8-9-10-11-12-13-14-15-16-17-18-38-19-20-40-41(36,37)25-39-26(21-30)22-35-24-34-27-28(31)32-23-33-29(27)35/h23-24,26H,2-22,25H2,1H3,(H,36,37)(H2,31,32,33)/t26-/m0/s1. The van der Waals surface area contributed by atoms with Crippen molar-refractivity contribution in [1.82, 2.24) is 19.5 Å². The van der Waals surface area contributed by atoms with Gasteiger partial charge in [0.25, 0.3) is 0 Å². The molecule has 0 spiro atoms. The van der Waals surface area contributed by atoms with Crippen molar-refractivity contribution >= 4 is 24.6 Å². The van der Waals surface area contributed by atoms with Gasteiger partial charge in [-0.15, -0.1) is 0 Å². The topological polar surface area (TPSA) is 135 Å². The third-order valence-corrected chi connectivity index (χ3v) is 8.20. The molecular formula is C29H53FN5O5P. The minimum absolute atomic E-state index is 0.0291. The summed E-state index contributed by atoms with van der Waals surface area (Å²) in [6.07, 6.45) is 22.3. The predicted molar refractivity (Wildman–Crippen MR) is 162 cm³/mol. The second-order valence-electron chi connectivity index (χ2n) is 10.8. The van der Waals surface area contributed by atoms with Gasteiger partial charge in [0.2, 0.25) is 0 Å². The highest BCUT2D eigenvalue weighted by Gasteiger charge is 2.23. The second-order valence-corrected chi connectivity index (χ2v) is 12.6. The van der Waals surface area contributed by atoms with E-state index in [4.69, 9.17) is 19.7 Å². The maximum absolute atomic E-state index is 13.5. The summed E-state index contributed by atoms with van der Waals surface area (Å²) < 4.78 is 43.2. The van der Waals surface area contributed by atoms with Gasteiger partial charge in [-0.2, -0.15) is 0 Å². The Morgan fingerprint density at radius 1 is 0.878 bits per heavy atom. The lowest BCUT2D eigenvalue weighted by Crippen LogP contribution is -2.23. The number of nitrogen functional groups attached to an aromatic ring is 1. The van der Waals surface area contributed by atoms with Crippen molar-refractivity contribution < 1.29 is 27.8 Å². The number of fused-ring (bicyclic) bond motifs is 1. The Morgan fingerprint density at radius 2 is 1.46 bits per heavy atom. The van der Waals surface area contributed by atoms with Gasteiger partial charge in [-0.3, -0.25) is 4.57 Å². The highest BCUT2D eigenvalue weighted by atomic mass is 31.2. The van der Waals surface area contributed by atoms with Gasteiger partial charge in [-0.1, -0.05) is 103 Å². The molecule has 2 atom stereocenters. The molecule has 41 heavy (non-hydrogen) atoms. The number of aromatic nitrogens is 4. The van der Waals surface area contributed by atoms with Crippen LogP contribution in [-0.4, -0.2) is 63.4 Å². The Bertz CT molecular complexity index is 982. The van der Waals surface area contributed by atoms with E-state index in [1.54, 1.807) is 4.57 Å². The first-order chi connectivity index (χ1) is 20.0. The number of anilines is 1. The molecule has 0 fully saturated rings. The molecule has 0 bridgehead atoms. The number of hydrogen-bond acceptors (Lipinski definition) is 8. The molecule has 2 rings (SSSR count). The zero-order valence-electron chi connectivity index (χ0n) is 25.1. The summed E-state index contributed by atoms with van der Waals surface area (Å²) in [5.74, 6) is 0.219. The lowest BCUT2D eigenvalue weighted by molar-refractivity contribution is 0.0373. The molecule has 0 aliphatic carbocycles. The van der Waals surface area contributed by atoms with Crippen LogP contribution in [-0.2, 0) is 25.1 Å². The molecule has 0 aromatic carbocycles. The molecule has 3 N–H and O–H groups in total. The fourth-order valence-corrected chi connectivity index (χ4v) is 5.56. The van der Waals surface area contributed by atoms with Crippen molar-refractivity contribution in [3.05, 3.63) is 12.7 Å². The van der Waals surface area contributed by atoms with Crippen LogP contribution in [0.15, 0.2) is 12.7 Å². The van der Waals surface area contributed by atoms with E-state index in [2.05, 4.69) is 21.9 Å². The van der Waals surface area contributed by atoms with Gasteiger partial charge in [0, 0.05) is 6.61 Å². The third-order valence-electron chi connectivity index (χ3n) is 7.14. The van der Waals surface area contributed by atoms with Crippen LogP contribution in [0.25, 0.3) is 11.2 Å². The summed E-state index contributed by atoms with van der Waals surface area (Å²) >= 11 is 0. The molecule has 236 valence electrons. The van der Waals surface area contributed by atoms with E-state index in [9.17, 15) is 13.8 Å². The summed E-state index contributed by atoms with van der Waals surface area (Å²) in [4.78, 5) is 22.1. The summed E-state index contributed by atoms with van der Waals surface area (Å²) in [6.45, 7) is 2.25. The fourth-order valence-electron chi connectivity index (χ4n) is 4.73. The van der Waals surface area contributed by atoms with Gasteiger partial charge >= 0.3 is 7.60 Å². The number of nitrogens with two attached hydrogens (primary N) is 1. The molecule has 0 aliphatic heterocycles. The molecular weight excluding hydrogens is 548 g/mol. The van der Waals surface area contributed by atoms with Crippen molar-refractivity contribution in [2.75, 3.05) is 38.6 Å². The van der Waals surface area contributed by atoms with E-state index < -0.39 is 26.7 Å². The fraction of sp³-hybridized carbons (Fsp3) is 0.828. The molecule has 10 nitrogen and oxygen atoms in total. The van der Waals surface area contributed by atoms with Crippen LogP contribution < -0.4 is 5.73 Å². The van der Waals surface area contributed by atoms with Crippen LogP contribution in [0.1, 0.15) is 110 Å². The average Bonchev–Trinajstić information content (AvgIpc) is 3.38. The lowest BCUT2D eigenvalue weighted by Gasteiger charge is -2.18. The van der Waals surface area contributed by atoms with E-state index in [-0.39, 0.29) is 25.6 Å². The average molecular weight is 602 g/mol. The molecule has 2 aromatic rings. The first-order valence-corrected chi connectivity index (χ1v) is 17.4. The number of imidazole rings is 1. The third kappa shape index (κ3) is 16.0. The van der Waals surface area contributed by atoms with E-state index in [1.807, 2.05) is 0 Å². The minimum atomic E-state index is -4.04. The molecule has 2 heterocycles. The van der Waals surface area contributed by atoms with Gasteiger partial charge in [-0.05, 0) is 6.42 Å². The van der Waals surface area contributed by atoms with Crippen molar-refractivity contribution in [3.63, 3.8) is 0 Å². The van der Waals surface area contributed by atoms with E-state index in [0.717, 1.165) is 12.8 Å². The first kappa shape index (κ1) is 35.5. The normalized spacial score (nSPS) is 14.0. The van der Waals surface area contributed by atoms with Gasteiger partial charge in [0.05, 0.1) is 26.1 Å². The summed E-state index contributed by atoms with van der Waals surface area (Å²) in [5.41, 5.74) is 6.60. The minimum Gasteiger partial charge on any atom is -0.382 e. The quantitative estimate of drug-likeness (QED) is 0.0805. The van der Waals surface area contributed by atoms with Crippen molar-refractivity contribution in [1.29, 1.82) is 0 Å². The van der Waals surface area contributed by atoms with Crippen LogP contribution in [0.3, 0.4) is 0 Å². The van der Waals surface area contributed by atoms with E-state index in [0.29, 0.717) is 17.8 Å². The van der Waals surface area contributed by atoms with E-state index >= 15 is 0 Å². The zero-order valence-corrected chi connectivity index (χ0v) is 26.0. The molecule has 2 aromatic heterocycles. The van der Waals surface area contributed by atoms with Gasteiger partial charge < -0.3 is 29.2 Å². The number of ether oxygens (including phenoxy) is 2. The Labute approximate surface area is 245 Å². The van der Waals surface area contributed by atoms with Crippen LogP contribution >= 0.6 is 7.60 Å². The van der Waals surface area contributed by atoms with Crippen molar-refractivity contribution in [3.8, 4) is 0 Å². The SMILES string of the molecule is CCCCCCCCCCCCCCCCCCOCCOP(=O)(O)CO[C@@H](CF)Cn1cnc2c(N)ncnc21. The Balaban J connectivity index is 1.40. The number of rotatable bonds is 27. The Kier molecular flexibility index (Phi) is 19.0. The Morgan fingerprint density at radius 3 is 2.05 bits per heavy atom. The monoisotopic (exact) mass is 601 g/mol. The van der Waals surface area contributed by atoms with Gasteiger partial charge in [0.1, 0.15) is 31.0 Å². The van der Waals surface area contributed by atoms with Crippen LogP contribution in [0.2, 0.25) is 0 Å². The maximum atomic E-state index is 13.5. The molecule has 0 aliphatic rings. The number of nitrogens with zero attached hydrogens (tertiary/aromatic N) is 4. The summed E-state index contributed by atoms with van der Waals surface area (Å²) in [6, 6.07) is 0. The molecule has 0 saturated heterocycles. The predicted octanol–water partition coefficient (Wildman–Crippen LogP) is 7.20. The molecule has 0 radical (unpaired) electrons. The maximum Gasteiger partial charge on any atom is 0.353 e. The lowest BCUT2D eigenvalue weighted by atomic mass is 10.0. The van der Waals surface area contributed by atoms with Gasteiger partial charge in [0.15, 0.2) is 11.5 Å². The van der Waals surface area contributed by atoms with Crippen molar-refractivity contribution in [2.45, 2.75) is 122 Å². The zero-order chi connectivity index (χ0) is 29.6. The van der Waals surface area contributed by atoms with Crippen molar-refractivity contribution in [2.24, 2.45) is 0 Å². The second kappa shape index (κ2) is 22.0. The highest BCUT2D eigenvalue weighted by molar-refractivity contribution is 7.52. The van der Waals surface area contributed by atoms with E-state index in [1.165, 1.54) is 103 Å². The van der Waals surface area contributed by atoms with Crippen LogP contribution in [0, 0.1) is 0 Å². The van der Waals surface area contributed by atoms with Crippen LogP contribution in [0.4, 0.5) is 10.2 Å². The first-order valence-electron chi connectivity index (χ1n) is 15.6.